The monoisotopic (exact) mass is 1130 g/mol. The van der Waals surface area contributed by atoms with Crippen molar-refractivity contribution in [2.45, 2.75) is 307 Å². The lowest BCUT2D eigenvalue weighted by atomic mass is 9.99. The van der Waals surface area contributed by atoms with Gasteiger partial charge in [0, 0.05) is 6.42 Å². The van der Waals surface area contributed by atoms with Gasteiger partial charge in [-0.15, -0.1) is 0 Å². The number of aliphatic hydroxyl groups excluding tert-OH is 5. The van der Waals surface area contributed by atoms with Crippen molar-refractivity contribution in [3.05, 3.63) is 109 Å². The molecule has 464 valence electrons. The van der Waals surface area contributed by atoms with Crippen LogP contribution in [0.5, 0.6) is 0 Å². The van der Waals surface area contributed by atoms with Crippen LogP contribution in [0.15, 0.2) is 109 Å². The standard InChI is InChI=1S/C70H119NO10/c1-4-7-10-13-16-19-22-25-27-29-31-33-34-36-39-42-45-48-51-54-57-63(74)69(78)71-61(62(73)56-53-50-47-44-41-38-24-21-18-15-12-9-6-3)60-79-70-68(67(77)66(76)64(59-72)80-70)81-65(75)58-55-52-49-46-43-40-37-35-32-30-28-26-23-20-17-14-11-8-5-2/h8,11,16-17,19-20,25-28,32,35,40,43,49,52-53,56,61-64,66-68,70,72-74,76-77H,4-7,9-10,12-15,18,21-24,29-31,33-34,36-39,41-42,44-48,50-51,54-55,57-60H2,1-3H3,(H,71,78)/b11-8-,19-16-,20-17-,27-25-,28-26-,35-32-,43-40-,52-49-,56-53+. The number of nitrogens with one attached hydrogen (secondary N) is 1. The van der Waals surface area contributed by atoms with E-state index in [0.717, 1.165) is 89.9 Å². The summed E-state index contributed by atoms with van der Waals surface area (Å²) in [6.45, 7) is 5.62. The zero-order valence-corrected chi connectivity index (χ0v) is 51.4. The fourth-order valence-electron chi connectivity index (χ4n) is 9.53. The summed E-state index contributed by atoms with van der Waals surface area (Å²) in [7, 11) is 0. The van der Waals surface area contributed by atoms with E-state index in [9.17, 15) is 35.1 Å². The maximum Gasteiger partial charge on any atom is 0.306 e. The van der Waals surface area contributed by atoms with Gasteiger partial charge < -0.3 is 45.1 Å². The Hall–Kier alpha value is -3.68. The third-order valence-corrected chi connectivity index (χ3v) is 14.7. The molecule has 8 unspecified atom stereocenters. The van der Waals surface area contributed by atoms with E-state index >= 15 is 0 Å². The largest absolute Gasteiger partial charge is 0.454 e. The zero-order valence-electron chi connectivity index (χ0n) is 51.4. The average Bonchev–Trinajstić information content (AvgIpc) is 3.47. The lowest BCUT2D eigenvalue weighted by Gasteiger charge is -2.41. The molecule has 1 fully saturated rings. The molecule has 1 saturated heterocycles. The predicted molar refractivity (Wildman–Crippen MR) is 338 cm³/mol. The van der Waals surface area contributed by atoms with Gasteiger partial charge in [-0.05, 0) is 96.3 Å². The first-order chi connectivity index (χ1) is 39.7. The number of unbranched alkanes of at least 4 members (excludes halogenated alkanes) is 24. The number of carbonyl (C=O) groups excluding carboxylic acids is 2. The molecular formula is C70H119NO10. The number of esters is 1. The molecule has 0 spiro atoms. The number of aliphatic hydroxyl groups is 5. The van der Waals surface area contributed by atoms with E-state index in [0.29, 0.717) is 19.3 Å². The Kier molecular flexibility index (Phi) is 52.8. The SMILES string of the molecule is CC/C=C\C/C=C\C/C=C\C/C=C\C/C=C\C/C=C\CCC(=O)OC1C(OCC(NC(=O)C(O)CCCCCCCCCCCC/C=C\C/C=C\CCCCC)C(O)/C=C/CCCCCCCCCCCCC)OC(CO)C(O)C1O. The summed E-state index contributed by atoms with van der Waals surface area (Å²) in [4.78, 5) is 26.6. The smallest absolute Gasteiger partial charge is 0.306 e. The molecule has 1 amide bonds. The van der Waals surface area contributed by atoms with Gasteiger partial charge >= 0.3 is 5.97 Å². The fourth-order valence-corrected chi connectivity index (χ4v) is 9.53. The summed E-state index contributed by atoms with van der Waals surface area (Å²) in [5, 5.41) is 57.1. The number of allylic oxidation sites excluding steroid dienone is 17. The Balaban J connectivity index is 2.71. The van der Waals surface area contributed by atoms with E-state index in [4.69, 9.17) is 14.2 Å². The van der Waals surface area contributed by atoms with Crippen molar-refractivity contribution in [3.63, 3.8) is 0 Å². The fraction of sp³-hybridized carbons (Fsp3) is 0.714. The minimum atomic E-state index is -1.65. The van der Waals surface area contributed by atoms with Crippen LogP contribution in [-0.4, -0.2) is 99.6 Å². The minimum Gasteiger partial charge on any atom is -0.454 e. The minimum absolute atomic E-state index is 0.00659. The van der Waals surface area contributed by atoms with Gasteiger partial charge in [0.05, 0.1) is 25.4 Å². The molecule has 0 aromatic carbocycles. The molecule has 0 radical (unpaired) electrons. The van der Waals surface area contributed by atoms with Gasteiger partial charge in [0.2, 0.25) is 5.91 Å². The van der Waals surface area contributed by atoms with Gasteiger partial charge in [-0.2, -0.15) is 0 Å². The Bertz CT molecular complexity index is 1730. The lowest BCUT2D eigenvalue weighted by Crippen LogP contribution is -2.61. The molecule has 0 aliphatic carbocycles. The first-order valence-corrected chi connectivity index (χ1v) is 32.7. The summed E-state index contributed by atoms with van der Waals surface area (Å²) < 4.78 is 17.6. The maximum atomic E-state index is 13.5. The highest BCUT2D eigenvalue weighted by Crippen LogP contribution is 2.26. The van der Waals surface area contributed by atoms with Gasteiger partial charge in [0.25, 0.3) is 0 Å². The van der Waals surface area contributed by atoms with E-state index in [1.165, 1.54) is 116 Å². The second kappa shape index (κ2) is 56.8. The molecule has 1 aliphatic heterocycles. The highest BCUT2D eigenvalue weighted by molar-refractivity contribution is 5.80. The van der Waals surface area contributed by atoms with Gasteiger partial charge in [-0.1, -0.05) is 265 Å². The third-order valence-electron chi connectivity index (χ3n) is 14.7. The van der Waals surface area contributed by atoms with Crippen LogP contribution in [-0.2, 0) is 23.8 Å². The molecule has 1 rings (SSSR count). The molecule has 0 aromatic rings. The van der Waals surface area contributed by atoms with Gasteiger partial charge in [0.1, 0.15) is 24.4 Å². The molecule has 11 heteroatoms. The van der Waals surface area contributed by atoms with Crippen LogP contribution in [0.4, 0.5) is 0 Å². The molecule has 11 nitrogen and oxygen atoms in total. The number of rotatable bonds is 54. The first kappa shape index (κ1) is 75.3. The van der Waals surface area contributed by atoms with Crippen LogP contribution >= 0.6 is 0 Å². The van der Waals surface area contributed by atoms with Crippen LogP contribution < -0.4 is 5.32 Å². The molecule has 0 bridgehead atoms. The highest BCUT2D eigenvalue weighted by Gasteiger charge is 2.47. The summed E-state index contributed by atoms with van der Waals surface area (Å²) in [5.74, 6) is -1.29. The van der Waals surface area contributed by atoms with Crippen molar-refractivity contribution in [1.82, 2.24) is 5.32 Å². The van der Waals surface area contributed by atoms with Crippen LogP contribution in [0.3, 0.4) is 0 Å². The van der Waals surface area contributed by atoms with Gasteiger partial charge in [-0.25, -0.2) is 0 Å². The van der Waals surface area contributed by atoms with E-state index in [2.05, 4.69) is 111 Å². The molecule has 0 aromatic heterocycles. The summed E-state index contributed by atoms with van der Waals surface area (Å²) in [5.41, 5.74) is 0. The van der Waals surface area contributed by atoms with Crippen LogP contribution in [0.25, 0.3) is 0 Å². The highest BCUT2D eigenvalue weighted by atomic mass is 16.7. The molecule has 6 N–H and O–H groups in total. The van der Waals surface area contributed by atoms with Crippen molar-refractivity contribution in [3.8, 4) is 0 Å². The average molecular weight is 1130 g/mol. The zero-order chi connectivity index (χ0) is 58.9. The molecule has 1 aliphatic rings. The number of hydrogen-bond donors (Lipinski definition) is 6. The Morgan fingerprint density at radius 2 is 0.889 bits per heavy atom. The molecule has 0 saturated carbocycles. The molecule has 8 atom stereocenters. The lowest BCUT2D eigenvalue weighted by molar-refractivity contribution is -0.305. The quantitative estimate of drug-likeness (QED) is 0.0195. The van der Waals surface area contributed by atoms with Crippen LogP contribution in [0.2, 0.25) is 0 Å². The van der Waals surface area contributed by atoms with E-state index < -0.39 is 67.4 Å². The number of amides is 1. The van der Waals surface area contributed by atoms with Crippen molar-refractivity contribution >= 4 is 11.9 Å². The van der Waals surface area contributed by atoms with Crippen molar-refractivity contribution < 1.29 is 49.3 Å². The molecular weight excluding hydrogens is 1010 g/mol. The first-order valence-electron chi connectivity index (χ1n) is 32.7. The number of ether oxygens (including phenoxy) is 3. The van der Waals surface area contributed by atoms with Crippen molar-refractivity contribution in [1.29, 1.82) is 0 Å². The second-order valence-electron chi connectivity index (χ2n) is 22.1. The molecule has 81 heavy (non-hydrogen) atoms. The van der Waals surface area contributed by atoms with Crippen LogP contribution in [0.1, 0.15) is 258 Å². The summed E-state index contributed by atoms with van der Waals surface area (Å²) in [6, 6.07) is -1.05. The van der Waals surface area contributed by atoms with E-state index in [-0.39, 0.29) is 19.4 Å². The number of hydrogen-bond acceptors (Lipinski definition) is 10. The Labute approximate surface area is 494 Å². The van der Waals surface area contributed by atoms with Crippen molar-refractivity contribution in [2.24, 2.45) is 0 Å². The van der Waals surface area contributed by atoms with Crippen LogP contribution in [0, 0.1) is 0 Å². The Morgan fingerprint density at radius 1 is 0.494 bits per heavy atom. The topological polar surface area (TPSA) is 175 Å². The normalized spacial score (nSPS) is 19.4. The molecule has 1 heterocycles. The predicted octanol–water partition coefficient (Wildman–Crippen LogP) is 16.1. The van der Waals surface area contributed by atoms with Gasteiger partial charge in [-0.3, -0.25) is 9.59 Å². The summed E-state index contributed by atoms with van der Waals surface area (Å²) in [6.07, 6.45) is 67.0. The van der Waals surface area contributed by atoms with E-state index in [1.807, 2.05) is 18.2 Å². The Morgan fingerprint density at radius 3 is 1.36 bits per heavy atom. The number of carbonyl (C=O) groups is 2. The summed E-state index contributed by atoms with van der Waals surface area (Å²) >= 11 is 0. The maximum absolute atomic E-state index is 13.5. The third kappa shape index (κ3) is 44.5. The van der Waals surface area contributed by atoms with E-state index in [1.54, 1.807) is 6.08 Å². The second-order valence-corrected chi connectivity index (χ2v) is 22.1. The van der Waals surface area contributed by atoms with Gasteiger partial charge in [0.15, 0.2) is 12.4 Å². The van der Waals surface area contributed by atoms with Crippen molar-refractivity contribution in [2.75, 3.05) is 13.2 Å².